The summed E-state index contributed by atoms with van der Waals surface area (Å²) in [5.74, 6) is 6.65. The van der Waals surface area contributed by atoms with E-state index in [1.165, 1.54) is 12.8 Å². The molecule has 0 aliphatic rings. The van der Waals surface area contributed by atoms with Crippen LogP contribution in [0.15, 0.2) is 70.6 Å². The molecule has 0 saturated carbocycles. The predicted molar refractivity (Wildman–Crippen MR) is 119 cm³/mol. The molecule has 0 fully saturated rings. The van der Waals surface area contributed by atoms with Crippen molar-refractivity contribution < 1.29 is 16.5 Å². The Morgan fingerprint density at radius 2 is 1.32 bits per heavy atom. The second-order valence-electron chi connectivity index (χ2n) is 6.55. The van der Waals surface area contributed by atoms with Crippen LogP contribution >= 0.6 is 0 Å². The fraction of sp³-hybridized carbons (Fsp3) is 0.360. The molecule has 0 spiro atoms. The van der Waals surface area contributed by atoms with Crippen molar-refractivity contribution in [1.82, 2.24) is 0 Å². The van der Waals surface area contributed by atoms with E-state index in [1.54, 1.807) is 0 Å². The van der Waals surface area contributed by atoms with Gasteiger partial charge in [0.1, 0.15) is 5.71 Å². The molecule has 0 heterocycles. The number of rotatable bonds is 9. The molecule has 0 radical (unpaired) electrons. The molecule has 0 aliphatic heterocycles. The van der Waals surface area contributed by atoms with Crippen LogP contribution < -0.4 is 0 Å². The third-order valence-corrected chi connectivity index (χ3v) is 4.17. The van der Waals surface area contributed by atoms with Crippen LogP contribution in [0.4, 0.5) is 11.4 Å². The number of benzene rings is 2. The monoisotopic (exact) mass is 416 g/mol. The van der Waals surface area contributed by atoms with Gasteiger partial charge in [0.05, 0.1) is 17.1 Å². The van der Waals surface area contributed by atoms with Crippen molar-refractivity contribution >= 4 is 22.8 Å². The van der Waals surface area contributed by atoms with Crippen molar-refractivity contribution in [1.29, 1.82) is 0 Å². The van der Waals surface area contributed by atoms with Crippen molar-refractivity contribution in [3.63, 3.8) is 0 Å². The van der Waals surface area contributed by atoms with Crippen LogP contribution in [0.25, 0.3) is 0 Å². The summed E-state index contributed by atoms with van der Waals surface area (Å²) in [6, 6.07) is 20.1. The number of unbranched alkanes of at least 4 members (excludes halogenated alkanes) is 4. The minimum absolute atomic E-state index is 0. The Morgan fingerprint density at radius 1 is 0.750 bits per heavy atom. The Morgan fingerprint density at radius 3 is 1.89 bits per heavy atom. The molecule has 2 nitrogen and oxygen atoms in total. The second kappa shape index (κ2) is 14.8. The summed E-state index contributed by atoms with van der Waals surface area (Å²) in [4.78, 5) is 9.73. The molecule has 0 aromatic heterocycles. The summed E-state index contributed by atoms with van der Waals surface area (Å²) >= 11 is 0. The van der Waals surface area contributed by atoms with Crippen molar-refractivity contribution in [2.45, 2.75) is 58.8 Å². The number of hydrogen-bond acceptors (Lipinski definition) is 2. The van der Waals surface area contributed by atoms with Gasteiger partial charge in [-0.3, -0.25) is 4.99 Å². The van der Waals surface area contributed by atoms with E-state index in [2.05, 4.69) is 25.7 Å². The van der Waals surface area contributed by atoms with Crippen LogP contribution in [-0.2, 0) is 16.5 Å². The first-order valence-electron chi connectivity index (χ1n) is 10.1. The average Bonchev–Trinajstić information content (AvgIpc) is 2.71. The van der Waals surface area contributed by atoms with Gasteiger partial charge in [0.25, 0.3) is 0 Å². The van der Waals surface area contributed by atoms with Crippen LogP contribution in [0.3, 0.4) is 0 Å². The summed E-state index contributed by atoms with van der Waals surface area (Å²) < 4.78 is 0. The zero-order valence-electron chi connectivity index (χ0n) is 16.9. The average molecular weight is 417 g/mol. The Bertz CT molecular complexity index is 784. The van der Waals surface area contributed by atoms with E-state index in [-0.39, 0.29) is 16.5 Å². The molecule has 0 N–H and O–H groups in total. The van der Waals surface area contributed by atoms with Gasteiger partial charge < -0.3 is 0 Å². The predicted octanol–water partition coefficient (Wildman–Crippen LogP) is 7.30. The Kier molecular flexibility index (Phi) is 12.7. The summed E-state index contributed by atoms with van der Waals surface area (Å²) in [5.41, 5.74) is 3.66. The smallest absolute Gasteiger partial charge is 0.135 e. The maximum atomic E-state index is 4.89. The number of hydrogen-bond donors (Lipinski definition) is 0. The van der Waals surface area contributed by atoms with Gasteiger partial charge in [0, 0.05) is 22.9 Å². The molecule has 150 valence electrons. The first-order chi connectivity index (χ1) is 13.3. The summed E-state index contributed by atoms with van der Waals surface area (Å²) in [6.45, 7) is 4.41. The first-order valence-corrected chi connectivity index (χ1v) is 10.1. The van der Waals surface area contributed by atoms with E-state index in [4.69, 9.17) is 9.98 Å². The van der Waals surface area contributed by atoms with Crippen LogP contribution in [0.2, 0.25) is 0 Å². The van der Waals surface area contributed by atoms with Gasteiger partial charge in [-0.05, 0) is 49.4 Å². The quantitative estimate of drug-likeness (QED) is 0.177. The molecular weight excluding hydrogens is 387 g/mol. The molecule has 0 bridgehead atoms. The molecule has 0 aliphatic carbocycles. The summed E-state index contributed by atoms with van der Waals surface area (Å²) in [5, 5.41) is 0. The normalized spacial score (nSPS) is 11.4. The molecule has 2 aromatic rings. The van der Waals surface area contributed by atoms with Crippen molar-refractivity contribution in [2.24, 2.45) is 9.98 Å². The molecule has 0 amide bonds. The molecule has 0 unspecified atom stereocenters. The van der Waals surface area contributed by atoms with E-state index in [1.807, 2.05) is 60.7 Å². The van der Waals surface area contributed by atoms with Crippen molar-refractivity contribution in [3.8, 4) is 11.8 Å². The van der Waals surface area contributed by atoms with Gasteiger partial charge in [-0.15, -0.1) is 0 Å². The van der Waals surface area contributed by atoms with Crippen LogP contribution in [0.5, 0.6) is 0 Å². The van der Waals surface area contributed by atoms with E-state index >= 15 is 0 Å². The molecule has 0 atom stereocenters. The third kappa shape index (κ3) is 9.16. The van der Waals surface area contributed by atoms with E-state index in [0.717, 1.165) is 54.9 Å². The first kappa shape index (κ1) is 23.9. The van der Waals surface area contributed by atoms with Gasteiger partial charge in [-0.25, -0.2) is 4.99 Å². The van der Waals surface area contributed by atoms with Gasteiger partial charge in [-0.1, -0.05) is 75.4 Å². The van der Waals surface area contributed by atoms with Crippen molar-refractivity contribution in [2.75, 3.05) is 0 Å². The van der Waals surface area contributed by atoms with E-state index in [0.29, 0.717) is 0 Å². The van der Waals surface area contributed by atoms with Gasteiger partial charge in [0.15, 0.2) is 0 Å². The topological polar surface area (TPSA) is 24.7 Å². The molecule has 2 aromatic carbocycles. The summed E-state index contributed by atoms with van der Waals surface area (Å²) in [7, 11) is 0. The van der Waals surface area contributed by atoms with Crippen LogP contribution in [0.1, 0.15) is 58.8 Å². The zero-order chi connectivity index (χ0) is 19.2. The van der Waals surface area contributed by atoms with Gasteiger partial charge in [-0.2, -0.15) is 0 Å². The third-order valence-electron chi connectivity index (χ3n) is 4.17. The second-order valence-corrected chi connectivity index (χ2v) is 6.55. The number of nitrogens with zero attached hydrogens (tertiary/aromatic N) is 2. The van der Waals surface area contributed by atoms with Gasteiger partial charge in [0.2, 0.25) is 0 Å². The zero-order valence-corrected chi connectivity index (χ0v) is 17.9. The molecule has 3 heteroatoms. The van der Waals surface area contributed by atoms with E-state index in [9.17, 15) is 0 Å². The maximum absolute atomic E-state index is 4.89. The van der Waals surface area contributed by atoms with Crippen molar-refractivity contribution in [3.05, 3.63) is 60.7 Å². The Hall–Kier alpha value is -2.17. The van der Waals surface area contributed by atoms with Crippen LogP contribution in [-0.4, -0.2) is 11.4 Å². The Balaban J connectivity index is 0.00000392. The molecule has 0 saturated heterocycles. The minimum atomic E-state index is 0. The molecule has 28 heavy (non-hydrogen) atoms. The van der Waals surface area contributed by atoms with Crippen LogP contribution in [0, 0.1) is 11.8 Å². The van der Waals surface area contributed by atoms with Gasteiger partial charge >= 0.3 is 0 Å². The fourth-order valence-corrected chi connectivity index (χ4v) is 2.64. The standard InChI is InChI=1S/C25H30N2.Ni/c1-3-5-7-8-15-21-25(27-23-18-13-10-14-19-23)24(20-6-4-2)26-22-16-11-9-12-17-22;/h9-14,16-19H,3-8,20H2,1-2H3;. The number of para-hydroxylation sites is 2. The minimum Gasteiger partial charge on any atom is -0.251 e. The fourth-order valence-electron chi connectivity index (χ4n) is 2.64. The maximum Gasteiger partial charge on any atom is 0.135 e. The summed E-state index contributed by atoms with van der Waals surface area (Å²) in [6.07, 6.45) is 7.58. The van der Waals surface area contributed by atoms with E-state index < -0.39 is 0 Å². The Labute approximate surface area is 180 Å². The number of aliphatic imine (C=N–C) groups is 2. The molecular formula is C25H30N2Ni. The SMILES string of the molecule is CCCCCC#CC(=Nc1ccccc1)C(CCCC)=Nc1ccccc1.[Ni]. The molecule has 2 rings (SSSR count). The largest absolute Gasteiger partial charge is 0.251 e.